The van der Waals surface area contributed by atoms with Crippen LogP contribution in [0, 0.1) is 0 Å². The van der Waals surface area contributed by atoms with Gasteiger partial charge in [-0.05, 0) is 32.4 Å². The average molecular weight is 195 g/mol. The maximum Gasteiger partial charge on any atom is 0.0491 e. The summed E-state index contributed by atoms with van der Waals surface area (Å²) < 4.78 is 2.02. The molecule has 0 bridgehead atoms. The molecule has 80 valence electrons. The summed E-state index contributed by atoms with van der Waals surface area (Å²) in [5.74, 6) is 0. The molecule has 1 aromatic heterocycles. The van der Waals surface area contributed by atoms with Crippen molar-refractivity contribution in [3.63, 3.8) is 0 Å². The van der Waals surface area contributed by atoms with Crippen molar-refractivity contribution in [3.05, 3.63) is 18.5 Å². The number of aromatic nitrogens is 2. The molecule has 0 aliphatic heterocycles. The Morgan fingerprint density at radius 2 is 2.14 bits per heavy atom. The monoisotopic (exact) mass is 195 g/mol. The van der Waals surface area contributed by atoms with Crippen LogP contribution in [0.25, 0.3) is 0 Å². The van der Waals surface area contributed by atoms with Gasteiger partial charge >= 0.3 is 0 Å². The Hall–Kier alpha value is -0.830. The second-order valence-electron chi connectivity index (χ2n) is 4.09. The molecule has 1 aromatic rings. The van der Waals surface area contributed by atoms with Crippen LogP contribution in [-0.2, 0) is 0 Å². The van der Waals surface area contributed by atoms with Gasteiger partial charge in [0.2, 0.25) is 0 Å². The highest BCUT2D eigenvalue weighted by molar-refractivity contribution is 4.80. The second-order valence-corrected chi connectivity index (χ2v) is 4.09. The lowest BCUT2D eigenvalue weighted by molar-refractivity contribution is 0.432. The quantitative estimate of drug-likeness (QED) is 0.705. The number of rotatable bonds is 6. The molecule has 1 heterocycles. The highest BCUT2D eigenvalue weighted by Gasteiger charge is 2.03. The van der Waals surface area contributed by atoms with Crippen LogP contribution in [0.1, 0.15) is 39.7 Å². The summed E-state index contributed by atoms with van der Waals surface area (Å²) in [4.78, 5) is 0. The molecule has 1 N–H and O–H groups in total. The first kappa shape index (κ1) is 11.2. The zero-order valence-corrected chi connectivity index (χ0v) is 9.40. The lowest BCUT2D eigenvalue weighted by Gasteiger charge is -2.13. The van der Waals surface area contributed by atoms with Crippen molar-refractivity contribution in [1.29, 1.82) is 0 Å². The predicted molar refractivity (Wildman–Crippen MR) is 59.3 cm³/mol. The molecule has 1 unspecified atom stereocenters. The first-order valence-corrected chi connectivity index (χ1v) is 5.42. The second kappa shape index (κ2) is 5.81. The lowest BCUT2D eigenvalue weighted by atomic mass is 10.2. The Kier molecular flexibility index (Phi) is 4.66. The van der Waals surface area contributed by atoms with E-state index in [1.807, 2.05) is 23.1 Å². The van der Waals surface area contributed by atoms with Gasteiger partial charge in [0.15, 0.2) is 0 Å². The third kappa shape index (κ3) is 3.92. The highest BCUT2D eigenvalue weighted by atomic mass is 15.3. The van der Waals surface area contributed by atoms with Crippen molar-refractivity contribution in [1.82, 2.24) is 15.1 Å². The van der Waals surface area contributed by atoms with E-state index in [1.165, 1.54) is 12.8 Å². The number of nitrogens with one attached hydrogen (secondary N) is 1. The molecule has 0 saturated carbocycles. The van der Waals surface area contributed by atoms with E-state index >= 15 is 0 Å². The minimum Gasteiger partial charge on any atom is -0.315 e. The van der Waals surface area contributed by atoms with Gasteiger partial charge in [-0.3, -0.25) is 4.68 Å². The van der Waals surface area contributed by atoms with Crippen LogP contribution in [-0.4, -0.2) is 22.4 Å². The van der Waals surface area contributed by atoms with Crippen molar-refractivity contribution < 1.29 is 0 Å². The van der Waals surface area contributed by atoms with Crippen LogP contribution >= 0.6 is 0 Å². The summed E-state index contributed by atoms with van der Waals surface area (Å²) in [6.07, 6.45) is 6.25. The third-order valence-electron chi connectivity index (χ3n) is 2.33. The first-order valence-electron chi connectivity index (χ1n) is 5.42. The largest absolute Gasteiger partial charge is 0.315 e. The third-order valence-corrected chi connectivity index (χ3v) is 2.33. The highest BCUT2D eigenvalue weighted by Crippen LogP contribution is 2.10. The van der Waals surface area contributed by atoms with Gasteiger partial charge in [-0.25, -0.2) is 0 Å². The summed E-state index contributed by atoms with van der Waals surface area (Å²) in [6.45, 7) is 7.67. The lowest BCUT2D eigenvalue weighted by Crippen LogP contribution is -2.24. The SMILES string of the molecule is CC(C)NCCCC(C)n1cccn1. The number of hydrogen-bond acceptors (Lipinski definition) is 2. The van der Waals surface area contributed by atoms with Gasteiger partial charge in [0.25, 0.3) is 0 Å². The fourth-order valence-corrected chi connectivity index (χ4v) is 1.46. The van der Waals surface area contributed by atoms with Crippen LogP contribution in [0.4, 0.5) is 0 Å². The standard InChI is InChI=1S/C11H21N3/c1-10(2)12-7-4-6-11(3)14-9-5-8-13-14/h5,8-12H,4,6-7H2,1-3H3. The van der Waals surface area contributed by atoms with Crippen LogP contribution in [0.2, 0.25) is 0 Å². The van der Waals surface area contributed by atoms with E-state index in [0.717, 1.165) is 6.54 Å². The van der Waals surface area contributed by atoms with E-state index in [4.69, 9.17) is 0 Å². The predicted octanol–water partition coefficient (Wildman–Crippen LogP) is 2.22. The molecular formula is C11H21N3. The number of hydrogen-bond donors (Lipinski definition) is 1. The fourth-order valence-electron chi connectivity index (χ4n) is 1.46. The van der Waals surface area contributed by atoms with E-state index in [1.54, 1.807) is 0 Å². The van der Waals surface area contributed by atoms with Gasteiger partial charge in [0.1, 0.15) is 0 Å². The molecule has 0 amide bonds. The fraction of sp³-hybridized carbons (Fsp3) is 0.727. The zero-order valence-electron chi connectivity index (χ0n) is 9.40. The van der Waals surface area contributed by atoms with Gasteiger partial charge in [0, 0.05) is 24.5 Å². The van der Waals surface area contributed by atoms with E-state index in [0.29, 0.717) is 12.1 Å². The molecule has 3 nitrogen and oxygen atoms in total. The minimum atomic E-state index is 0.513. The molecule has 14 heavy (non-hydrogen) atoms. The van der Waals surface area contributed by atoms with Crippen LogP contribution in [0.5, 0.6) is 0 Å². The molecule has 0 saturated heterocycles. The summed E-state index contributed by atoms with van der Waals surface area (Å²) >= 11 is 0. The van der Waals surface area contributed by atoms with Gasteiger partial charge in [0.05, 0.1) is 0 Å². The summed E-state index contributed by atoms with van der Waals surface area (Å²) in [5, 5.41) is 7.64. The Balaban J connectivity index is 2.13. The Morgan fingerprint density at radius 1 is 1.36 bits per heavy atom. The molecule has 0 fully saturated rings. The van der Waals surface area contributed by atoms with Crippen LogP contribution in [0.3, 0.4) is 0 Å². The molecule has 3 heteroatoms. The van der Waals surface area contributed by atoms with E-state index in [2.05, 4.69) is 31.2 Å². The van der Waals surface area contributed by atoms with Crippen molar-refractivity contribution in [2.75, 3.05) is 6.54 Å². The summed E-state index contributed by atoms with van der Waals surface area (Å²) in [7, 11) is 0. The molecule has 1 rings (SSSR count). The maximum atomic E-state index is 4.23. The number of nitrogens with zero attached hydrogens (tertiary/aromatic N) is 2. The normalized spacial score (nSPS) is 13.4. The van der Waals surface area contributed by atoms with Gasteiger partial charge in [-0.15, -0.1) is 0 Å². The van der Waals surface area contributed by atoms with E-state index in [-0.39, 0.29) is 0 Å². The van der Waals surface area contributed by atoms with Crippen LogP contribution in [0.15, 0.2) is 18.5 Å². The first-order chi connectivity index (χ1) is 6.70. The van der Waals surface area contributed by atoms with Crippen molar-refractivity contribution in [2.45, 2.75) is 45.7 Å². The molecular weight excluding hydrogens is 174 g/mol. The molecule has 0 aliphatic rings. The molecule has 0 spiro atoms. The Labute approximate surface area is 86.5 Å². The summed E-state index contributed by atoms with van der Waals surface area (Å²) in [6, 6.07) is 3.08. The van der Waals surface area contributed by atoms with Crippen LogP contribution < -0.4 is 5.32 Å². The van der Waals surface area contributed by atoms with E-state index < -0.39 is 0 Å². The van der Waals surface area contributed by atoms with Gasteiger partial charge in [-0.2, -0.15) is 5.10 Å². The Morgan fingerprint density at radius 3 is 2.71 bits per heavy atom. The topological polar surface area (TPSA) is 29.9 Å². The van der Waals surface area contributed by atoms with Crippen molar-refractivity contribution in [3.8, 4) is 0 Å². The molecule has 0 aromatic carbocycles. The van der Waals surface area contributed by atoms with Gasteiger partial charge < -0.3 is 5.32 Å². The maximum absolute atomic E-state index is 4.23. The zero-order chi connectivity index (χ0) is 10.4. The van der Waals surface area contributed by atoms with E-state index in [9.17, 15) is 0 Å². The molecule has 0 aliphatic carbocycles. The van der Waals surface area contributed by atoms with Crippen molar-refractivity contribution in [2.24, 2.45) is 0 Å². The molecule has 1 atom stereocenters. The van der Waals surface area contributed by atoms with Gasteiger partial charge in [-0.1, -0.05) is 13.8 Å². The molecule has 0 radical (unpaired) electrons. The van der Waals surface area contributed by atoms with Crippen molar-refractivity contribution >= 4 is 0 Å². The Bertz CT molecular complexity index is 229. The average Bonchev–Trinajstić information content (AvgIpc) is 2.64. The summed E-state index contributed by atoms with van der Waals surface area (Å²) in [5.41, 5.74) is 0. The minimum absolute atomic E-state index is 0.513. The smallest absolute Gasteiger partial charge is 0.0491 e.